The van der Waals surface area contributed by atoms with Crippen LogP contribution in [0.2, 0.25) is 0 Å². The summed E-state index contributed by atoms with van der Waals surface area (Å²) in [5.41, 5.74) is 4.12. The molecule has 0 heterocycles. The lowest BCUT2D eigenvalue weighted by Gasteiger charge is -2.58. The predicted molar refractivity (Wildman–Crippen MR) is 124 cm³/mol. The third-order valence-corrected chi connectivity index (χ3v) is 10.1. The van der Waals surface area contributed by atoms with E-state index in [4.69, 9.17) is 0 Å². The highest BCUT2D eigenvalue weighted by Gasteiger charge is 2.58. The maximum atomic E-state index is 10.2. The van der Waals surface area contributed by atoms with Crippen LogP contribution in [0.4, 0.5) is 0 Å². The molecule has 8 atom stereocenters. The monoisotopic (exact) mass is 398 g/mol. The Bertz CT molecular complexity index is 672. The molecule has 0 saturated heterocycles. The number of aliphatic hydroxyl groups excluding tert-OH is 1. The molecule has 1 N–H and O–H groups in total. The van der Waals surface area contributed by atoms with Crippen molar-refractivity contribution < 1.29 is 5.11 Å². The van der Waals surface area contributed by atoms with E-state index in [0.29, 0.717) is 10.8 Å². The molecule has 3 fully saturated rings. The number of aliphatic hydroxyl groups is 1. The van der Waals surface area contributed by atoms with E-state index in [1.807, 2.05) is 0 Å². The van der Waals surface area contributed by atoms with Crippen molar-refractivity contribution in [1.29, 1.82) is 0 Å². The van der Waals surface area contributed by atoms with Gasteiger partial charge in [0.1, 0.15) is 0 Å². The van der Waals surface area contributed by atoms with Crippen LogP contribution < -0.4 is 0 Å². The average Bonchev–Trinajstić information content (AvgIpc) is 2.99. The quantitative estimate of drug-likeness (QED) is 0.484. The van der Waals surface area contributed by atoms with Crippen LogP contribution in [0.1, 0.15) is 99.3 Å². The van der Waals surface area contributed by atoms with Crippen molar-refractivity contribution in [1.82, 2.24) is 0 Å². The molecule has 4 aliphatic carbocycles. The van der Waals surface area contributed by atoms with Gasteiger partial charge in [0.05, 0.1) is 6.10 Å². The van der Waals surface area contributed by atoms with E-state index < -0.39 is 0 Å². The number of allylic oxidation sites excluding steroid dienone is 3. The number of rotatable bonds is 4. The highest BCUT2D eigenvalue weighted by atomic mass is 16.3. The first-order valence-corrected chi connectivity index (χ1v) is 12.7. The summed E-state index contributed by atoms with van der Waals surface area (Å²) in [6, 6.07) is 0. The topological polar surface area (TPSA) is 20.2 Å². The highest BCUT2D eigenvalue weighted by Crippen LogP contribution is 2.67. The minimum atomic E-state index is -0.0858. The van der Waals surface area contributed by atoms with Crippen molar-refractivity contribution in [2.75, 3.05) is 0 Å². The Labute approximate surface area is 180 Å². The second-order valence-electron chi connectivity index (χ2n) is 12.4. The zero-order valence-electron chi connectivity index (χ0n) is 20.0. The Morgan fingerprint density at radius 2 is 1.86 bits per heavy atom. The van der Waals surface area contributed by atoms with Crippen molar-refractivity contribution in [3.8, 4) is 0 Å². The Hall–Kier alpha value is -0.560. The van der Waals surface area contributed by atoms with Gasteiger partial charge < -0.3 is 5.11 Å². The van der Waals surface area contributed by atoms with Crippen LogP contribution in [0.15, 0.2) is 23.3 Å². The van der Waals surface area contributed by atoms with Gasteiger partial charge in [0.15, 0.2) is 0 Å². The van der Waals surface area contributed by atoms with Gasteiger partial charge in [-0.1, -0.05) is 57.9 Å². The number of fused-ring (bicyclic) bond motifs is 5. The molecule has 0 radical (unpaired) electrons. The zero-order valence-corrected chi connectivity index (χ0v) is 20.0. The van der Waals surface area contributed by atoms with Gasteiger partial charge in [-0.3, -0.25) is 0 Å². The van der Waals surface area contributed by atoms with Crippen LogP contribution >= 0.6 is 0 Å². The van der Waals surface area contributed by atoms with Crippen molar-refractivity contribution >= 4 is 0 Å². The zero-order chi connectivity index (χ0) is 21.0. The largest absolute Gasteiger partial charge is 0.393 e. The smallest absolute Gasteiger partial charge is 0.0577 e. The molecule has 4 rings (SSSR count). The molecular weight excluding hydrogens is 352 g/mol. The average molecular weight is 399 g/mol. The number of hydrogen-bond acceptors (Lipinski definition) is 1. The Kier molecular flexibility index (Phi) is 5.86. The lowest BCUT2D eigenvalue weighted by atomic mass is 9.47. The van der Waals surface area contributed by atoms with Gasteiger partial charge in [-0.05, 0) is 111 Å². The summed E-state index contributed by atoms with van der Waals surface area (Å²) >= 11 is 0. The Morgan fingerprint density at radius 3 is 2.59 bits per heavy atom. The van der Waals surface area contributed by atoms with E-state index >= 15 is 0 Å². The van der Waals surface area contributed by atoms with Gasteiger partial charge in [0.25, 0.3) is 0 Å². The maximum absolute atomic E-state index is 10.2. The number of hydrogen-bond donors (Lipinski definition) is 1. The van der Waals surface area contributed by atoms with Gasteiger partial charge in [-0.25, -0.2) is 0 Å². The van der Waals surface area contributed by atoms with Crippen LogP contribution in [0, 0.1) is 46.3 Å². The van der Waals surface area contributed by atoms with E-state index in [1.54, 1.807) is 11.1 Å². The molecule has 4 aliphatic rings. The molecule has 29 heavy (non-hydrogen) atoms. The summed E-state index contributed by atoms with van der Waals surface area (Å²) in [5, 5.41) is 10.2. The van der Waals surface area contributed by atoms with E-state index in [0.717, 1.165) is 48.3 Å². The van der Waals surface area contributed by atoms with Crippen molar-refractivity contribution in [3.63, 3.8) is 0 Å². The van der Waals surface area contributed by atoms with Crippen molar-refractivity contribution in [2.24, 2.45) is 46.3 Å². The molecule has 1 heteroatoms. The van der Waals surface area contributed by atoms with Gasteiger partial charge in [-0.2, -0.15) is 0 Å². The lowest BCUT2D eigenvalue weighted by molar-refractivity contribution is -0.0541. The molecule has 0 aromatic heterocycles. The standard InChI is InChI=1S/C28H46O/c1-18(2)15-19(3)16-20(4)24-9-10-25-23-8-7-21-17-22(29)11-13-27(21,5)26(23)12-14-28(24,25)6/h7,16,18,20,22-26,29H,8-15,17H2,1-6H3/t20-,22?,23+,24-,25+,26+,27+,28-/m1/s1. The fraction of sp³-hybridized carbons (Fsp3) is 0.857. The summed E-state index contributed by atoms with van der Waals surface area (Å²) in [7, 11) is 0. The van der Waals surface area contributed by atoms with Gasteiger partial charge >= 0.3 is 0 Å². The Balaban J connectivity index is 1.54. The first-order valence-electron chi connectivity index (χ1n) is 12.7. The maximum Gasteiger partial charge on any atom is 0.0577 e. The minimum Gasteiger partial charge on any atom is -0.393 e. The summed E-state index contributed by atoms with van der Waals surface area (Å²) in [5.74, 6) is 5.00. The molecule has 0 aromatic rings. The SMILES string of the molecule is CC(=C[C@@H](C)[C@H]1CC[C@H]2[C@@H]3CC=C4CC(O)CC[C@]4(C)[C@H]3CC[C@]12C)CC(C)C. The molecule has 1 nitrogen and oxygen atoms in total. The molecule has 3 saturated carbocycles. The van der Waals surface area contributed by atoms with E-state index in [-0.39, 0.29) is 6.10 Å². The molecular formula is C28H46O. The molecule has 0 aliphatic heterocycles. The molecule has 0 aromatic carbocycles. The fourth-order valence-electron chi connectivity index (χ4n) is 8.82. The third-order valence-electron chi connectivity index (χ3n) is 10.1. The normalized spacial score (nSPS) is 46.0. The van der Waals surface area contributed by atoms with Crippen molar-refractivity contribution in [2.45, 2.75) is 105 Å². The Morgan fingerprint density at radius 1 is 1.10 bits per heavy atom. The van der Waals surface area contributed by atoms with Crippen LogP contribution in [0.5, 0.6) is 0 Å². The minimum absolute atomic E-state index is 0.0858. The highest BCUT2D eigenvalue weighted by molar-refractivity contribution is 5.25. The van der Waals surface area contributed by atoms with E-state index in [2.05, 4.69) is 53.7 Å². The first-order chi connectivity index (χ1) is 13.6. The van der Waals surface area contributed by atoms with Gasteiger partial charge in [0.2, 0.25) is 0 Å². The summed E-state index contributed by atoms with van der Waals surface area (Å²) in [6.45, 7) is 14.8. The summed E-state index contributed by atoms with van der Waals surface area (Å²) in [6.07, 6.45) is 16.6. The summed E-state index contributed by atoms with van der Waals surface area (Å²) in [4.78, 5) is 0. The van der Waals surface area contributed by atoms with Gasteiger partial charge in [-0.15, -0.1) is 0 Å². The second kappa shape index (κ2) is 7.85. The van der Waals surface area contributed by atoms with Gasteiger partial charge in [0, 0.05) is 0 Å². The molecule has 1 unspecified atom stereocenters. The van der Waals surface area contributed by atoms with Crippen molar-refractivity contribution in [3.05, 3.63) is 23.3 Å². The summed E-state index contributed by atoms with van der Waals surface area (Å²) < 4.78 is 0. The van der Waals surface area contributed by atoms with Crippen LogP contribution in [-0.2, 0) is 0 Å². The third kappa shape index (κ3) is 3.68. The van der Waals surface area contributed by atoms with Crippen LogP contribution in [0.3, 0.4) is 0 Å². The van der Waals surface area contributed by atoms with Crippen LogP contribution in [-0.4, -0.2) is 11.2 Å². The van der Waals surface area contributed by atoms with E-state index in [9.17, 15) is 5.11 Å². The molecule has 0 spiro atoms. The van der Waals surface area contributed by atoms with E-state index in [1.165, 1.54) is 44.9 Å². The molecule has 0 bridgehead atoms. The van der Waals surface area contributed by atoms with Crippen LogP contribution in [0.25, 0.3) is 0 Å². The predicted octanol–water partition coefficient (Wildman–Crippen LogP) is 7.55. The molecule has 164 valence electrons. The fourth-order valence-corrected chi connectivity index (χ4v) is 8.82. The lowest BCUT2D eigenvalue weighted by Crippen LogP contribution is -2.50. The molecule has 0 amide bonds. The first kappa shape index (κ1) is 21.7. The second-order valence-corrected chi connectivity index (χ2v) is 12.4.